The van der Waals surface area contributed by atoms with Gasteiger partial charge in [0.25, 0.3) is 11.7 Å². The second kappa shape index (κ2) is 10.7. The molecule has 1 saturated heterocycles. The van der Waals surface area contributed by atoms with Crippen LogP contribution in [0.15, 0.2) is 30.3 Å². The van der Waals surface area contributed by atoms with E-state index in [1.54, 1.807) is 11.6 Å². The SMILES string of the molecule is CCC(CC)C(CNC(=O)C(=O)c1c(C)nn(-c2ccccc2)c1C)N1CCOCC1. The van der Waals surface area contributed by atoms with E-state index in [1.807, 2.05) is 37.3 Å². The van der Waals surface area contributed by atoms with Gasteiger partial charge in [-0.3, -0.25) is 14.5 Å². The number of carbonyl (C=O) groups excluding carboxylic acids is 2. The van der Waals surface area contributed by atoms with Crippen LogP contribution in [0.5, 0.6) is 0 Å². The third kappa shape index (κ3) is 5.22. The van der Waals surface area contributed by atoms with Gasteiger partial charge in [0.15, 0.2) is 0 Å². The predicted molar refractivity (Wildman–Crippen MR) is 121 cm³/mol. The van der Waals surface area contributed by atoms with Crippen molar-refractivity contribution in [3.8, 4) is 5.69 Å². The zero-order valence-corrected chi connectivity index (χ0v) is 19.1. The van der Waals surface area contributed by atoms with Crippen LogP contribution >= 0.6 is 0 Å². The van der Waals surface area contributed by atoms with Crippen molar-refractivity contribution in [2.75, 3.05) is 32.8 Å². The number of morpholine rings is 1. The number of benzene rings is 1. The summed E-state index contributed by atoms with van der Waals surface area (Å²) in [5.74, 6) is -0.636. The Morgan fingerprint density at radius 2 is 1.74 bits per heavy atom. The smallest absolute Gasteiger partial charge is 0.292 e. The molecule has 1 aliphatic rings. The van der Waals surface area contributed by atoms with Gasteiger partial charge in [0, 0.05) is 25.7 Å². The maximum Gasteiger partial charge on any atom is 0.292 e. The Balaban J connectivity index is 1.74. The fraction of sp³-hybridized carbons (Fsp3) is 0.542. The molecular formula is C24H34N4O3. The third-order valence-corrected chi connectivity index (χ3v) is 6.30. The van der Waals surface area contributed by atoms with Crippen LogP contribution < -0.4 is 5.32 Å². The molecule has 2 aromatic rings. The van der Waals surface area contributed by atoms with Gasteiger partial charge in [0.05, 0.1) is 35.9 Å². The van der Waals surface area contributed by atoms with Crippen LogP contribution in [-0.4, -0.2) is 65.3 Å². The highest BCUT2D eigenvalue weighted by atomic mass is 16.5. The number of ether oxygens (including phenoxy) is 1. The lowest BCUT2D eigenvalue weighted by atomic mass is 9.92. The summed E-state index contributed by atoms with van der Waals surface area (Å²) in [6, 6.07) is 9.82. The average Bonchev–Trinajstić information content (AvgIpc) is 3.10. The Labute approximate surface area is 184 Å². The number of hydrogen-bond donors (Lipinski definition) is 1. The third-order valence-electron chi connectivity index (χ3n) is 6.30. The largest absolute Gasteiger partial charge is 0.379 e. The Kier molecular flexibility index (Phi) is 7.98. The van der Waals surface area contributed by atoms with E-state index < -0.39 is 11.7 Å². The quantitative estimate of drug-likeness (QED) is 0.493. The molecule has 0 spiro atoms. The van der Waals surface area contributed by atoms with Crippen molar-refractivity contribution in [3.05, 3.63) is 47.3 Å². The number of para-hydroxylation sites is 1. The molecule has 3 rings (SSSR count). The second-order valence-electron chi connectivity index (χ2n) is 8.12. The van der Waals surface area contributed by atoms with Crippen LogP contribution in [0.3, 0.4) is 0 Å². The number of ketones is 1. The van der Waals surface area contributed by atoms with Gasteiger partial charge in [-0.1, -0.05) is 44.9 Å². The molecule has 0 bridgehead atoms. The van der Waals surface area contributed by atoms with Crippen LogP contribution in [0.4, 0.5) is 0 Å². The maximum atomic E-state index is 13.0. The molecule has 0 radical (unpaired) electrons. The second-order valence-corrected chi connectivity index (χ2v) is 8.12. The maximum absolute atomic E-state index is 13.0. The molecule has 1 aromatic heterocycles. The predicted octanol–water partition coefficient (Wildman–Crippen LogP) is 2.93. The highest BCUT2D eigenvalue weighted by Gasteiger charge is 2.30. The van der Waals surface area contributed by atoms with Crippen molar-refractivity contribution in [1.29, 1.82) is 0 Å². The number of Topliss-reactive ketones (excluding diaryl/α,β-unsaturated/α-hetero) is 1. The van der Waals surface area contributed by atoms with Gasteiger partial charge in [-0.05, 0) is 31.9 Å². The Morgan fingerprint density at radius 3 is 2.35 bits per heavy atom. The lowest BCUT2D eigenvalue weighted by Gasteiger charge is -2.38. The fourth-order valence-corrected chi connectivity index (χ4v) is 4.52. The van der Waals surface area contributed by atoms with E-state index >= 15 is 0 Å². The zero-order valence-electron chi connectivity index (χ0n) is 19.1. The lowest BCUT2D eigenvalue weighted by molar-refractivity contribution is -0.117. The zero-order chi connectivity index (χ0) is 22.4. The minimum absolute atomic E-state index is 0.199. The van der Waals surface area contributed by atoms with Crippen LogP contribution in [0.1, 0.15) is 48.4 Å². The molecular weight excluding hydrogens is 392 g/mol. The first-order valence-electron chi connectivity index (χ1n) is 11.2. The van der Waals surface area contributed by atoms with Crippen molar-refractivity contribution in [2.45, 2.75) is 46.6 Å². The number of aromatic nitrogens is 2. The number of amides is 1. The number of aryl methyl sites for hydroxylation is 1. The number of nitrogens with zero attached hydrogens (tertiary/aromatic N) is 3. The first kappa shape index (κ1) is 23.2. The normalized spacial score (nSPS) is 15.8. The molecule has 1 aliphatic heterocycles. The van der Waals surface area contributed by atoms with Crippen molar-refractivity contribution in [3.63, 3.8) is 0 Å². The summed E-state index contributed by atoms with van der Waals surface area (Å²) in [4.78, 5) is 28.3. The summed E-state index contributed by atoms with van der Waals surface area (Å²) in [7, 11) is 0. The molecule has 2 heterocycles. The molecule has 1 amide bonds. The van der Waals surface area contributed by atoms with E-state index in [4.69, 9.17) is 4.74 Å². The molecule has 0 aliphatic carbocycles. The van der Waals surface area contributed by atoms with Crippen molar-refractivity contribution in [1.82, 2.24) is 20.0 Å². The molecule has 7 heteroatoms. The summed E-state index contributed by atoms with van der Waals surface area (Å²) in [6.07, 6.45) is 2.06. The monoisotopic (exact) mass is 426 g/mol. The summed E-state index contributed by atoms with van der Waals surface area (Å²) in [5, 5.41) is 7.42. The first-order valence-corrected chi connectivity index (χ1v) is 11.2. The molecule has 168 valence electrons. The van der Waals surface area contributed by atoms with Crippen LogP contribution in [-0.2, 0) is 9.53 Å². The number of nitrogens with one attached hydrogen (secondary N) is 1. The van der Waals surface area contributed by atoms with Gasteiger partial charge in [-0.2, -0.15) is 5.10 Å². The Morgan fingerprint density at radius 1 is 1.10 bits per heavy atom. The number of hydrogen-bond acceptors (Lipinski definition) is 5. The van der Waals surface area contributed by atoms with Gasteiger partial charge in [0.1, 0.15) is 0 Å². The van der Waals surface area contributed by atoms with Gasteiger partial charge in [0.2, 0.25) is 0 Å². The summed E-state index contributed by atoms with van der Waals surface area (Å²) >= 11 is 0. The molecule has 7 nitrogen and oxygen atoms in total. The van der Waals surface area contributed by atoms with E-state index in [0.29, 0.717) is 42.6 Å². The lowest BCUT2D eigenvalue weighted by Crippen LogP contribution is -2.52. The van der Waals surface area contributed by atoms with E-state index in [0.717, 1.165) is 31.6 Å². The van der Waals surface area contributed by atoms with E-state index in [-0.39, 0.29) is 6.04 Å². The van der Waals surface area contributed by atoms with Gasteiger partial charge < -0.3 is 10.1 Å². The first-order chi connectivity index (χ1) is 15.0. The highest BCUT2D eigenvalue weighted by Crippen LogP contribution is 2.21. The molecule has 1 fully saturated rings. The Hall–Kier alpha value is -2.51. The Bertz CT molecular complexity index is 884. The molecule has 1 aromatic carbocycles. The average molecular weight is 427 g/mol. The molecule has 1 atom stereocenters. The number of rotatable bonds is 9. The summed E-state index contributed by atoms with van der Waals surface area (Å²) in [5.41, 5.74) is 2.48. The standard InChI is InChI=1S/C24H34N4O3/c1-5-19(6-2)21(27-12-14-31-15-13-27)16-25-24(30)23(29)22-17(3)26-28(18(22)4)20-10-8-7-9-11-20/h7-11,19,21H,5-6,12-16H2,1-4H3,(H,25,30). The van der Waals surface area contributed by atoms with Crippen molar-refractivity contribution >= 4 is 11.7 Å². The minimum Gasteiger partial charge on any atom is -0.379 e. The van der Waals surface area contributed by atoms with Crippen LogP contribution in [0.2, 0.25) is 0 Å². The topological polar surface area (TPSA) is 76.5 Å². The highest BCUT2D eigenvalue weighted by molar-refractivity contribution is 6.43. The van der Waals surface area contributed by atoms with Gasteiger partial charge in [-0.15, -0.1) is 0 Å². The summed E-state index contributed by atoms with van der Waals surface area (Å²) in [6.45, 7) is 11.5. The van der Waals surface area contributed by atoms with Crippen molar-refractivity contribution in [2.24, 2.45) is 5.92 Å². The van der Waals surface area contributed by atoms with E-state index in [9.17, 15) is 9.59 Å². The van der Waals surface area contributed by atoms with Crippen LogP contribution in [0, 0.1) is 19.8 Å². The molecule has 1 N–H and O–H groups in total. The van der Waals surface area contributed by atoms with Gasteiger partial charge in [-0.25, -0.2) is 4.68 Å². The molecule has 1 unspecified atom stereocenters. The van der Waals surface area contributed by atoms with E-state index in [2.05, 4.69) is 29.2 Å². The minimum atomic E-state index is -0.567. The van der Waals surface area contributed by atoms with E-state index in [1.165, 1.54) is 0 Å². The van der Waals surface area contributed by atoms with Crippen molar-refractivity contribution < 1.29 is 14.3 Å². The van der Waals surface area contributed by atoms with Gasteiger partial charge >= 0.3 is 0 Å². The fourth-order valence-electron chi connectivity index (χ4n) is 4.52. The summed E-state index contributed by atoms with van der Waals surface area (Å²) < 4.78 is 7.21. The number of carbonyl (C=O) groups is 2. The molecule has 0 saturated carbocycles. The molecule has 31 heavy (non-hydrogen) atoms. The van der Waals surface area contributed by atoms with Crippen LogP contribution in [0.25, 0.3) is 5.69 Å².